The number of aryl methyl sites for hydroxylation is 1. The third-order valence-electron chi connectivity index (χ3n) is 2.69. The molecule has 0 saturated heterocycles. The molecular weight excluding hydrogens is 347 g/mol. The second-order valence-corrected chi connectivity index (χ2v) is 8.97. The van der Waals surface area contributed by atoms with E-state index in [4.69, 9.17) is 0 Å². The topological polar surface area (TPSA) is 34.1 Å². The lowest BCUT2D eigenvalue weighted by Crippen LogP contribution is -2.28. The molecule has 96 valence electrons. The van der Waals surface area contributed by atoms with E-state index in [1.54, 1.807) is 12.1 Å². The maximum atomic E-state index is 12.2. The van der Waals surface area contributed by atoms with Gasteiger partial charge in [0, 0.05) is 3.92 Å². The first-order valence-corrected chi connectivity index (χ1v) is 8.46. The summed E-state index contributed by atoms with van der Waals surface area (Å²) in [5, 5.41) is 0. The molecule has 1 aromatic carbocycles. The zero-order valence-electron chi connectivity index (χ0n) is 10.7. The summed E-state index contributed by atoms with van der Waals surface area (Å²) in [4.78, 5) is 0.425. The fourth-order valence-corrected chi connectivity index (χ4v) is 4.33. The van der Waals surface area contributed by atoms with E-state index in [0.717, 1.165) is 5.56 Å². The van der Waals surface area contributed by atoms with Crippen molar-refractivity contribution in [1.29, 1.82) is 0 Å². The maximum Gasteiger partial charge on any atom is 0.179 e. The lowest BCUT2D eigenvalue weighted by molar-refractivity contribution is 0.422. The Balaban J connectivity index is 2.94. The van der Waals surface area contributed by atoms with E-state index in [2.05, 4.69) is 43.4 Å². The average Bonchev–Trinajstić information content (AvgIpc) is 2.16. The van der Waals surface area contributed by atoms with Crippen molar-refractivity contribution in [2.45, 2.75) is 36.5 Å². The molecule has 0 aromatic heterocycles. The minimum atomic E-state index is -3.17. The van der Waals surface area contributed by atoms with Crippen molar-refractivity contribution in [1.82, 2.24) is 0 Å². The van der Waals surface area contributed by atoms with E-state index in [9.17, 15) is 8.42 Å². The van der Waals surface area contributed by atoms with Crippen molar-refractivity contribution in [3.05, 3.63) is 29.8 Å². The number of sulfone groups is 1. The van der Waals surface area contributed by atoms with Crippen LogP contribution < -0.4 is 0 Å². The van der Waals surface area contributed by atoms with Gasteiger partial charge in [0.1, 0.15) is 0 Å². The normalized spacial score (nSPS) is 14.6. The van der Waals surface area contributed by atoms with Crippen LogP contribution in [-0.2, 0) is 9.84 Å². The Bertz CT molecular complexity index is 469. The zero-order chi connectivity index (χ0) is 13.3. The highest BCUT2D eigenvalue weighted by molar-refractivity contribution is 14.1. The molecule has 1 aromatic rings. The van der Waals surface area contributed by atoms with Crippen molar-refractivity contribution < 1.29 is 8.42 Å². The highest BCUT2D eigenvalue weighted by Crippen LogP contribution is 2.29. The first kappa shape index (κ1) is 15.0. The summed E-state index contributed by atoms with van der Waals surface area (Å²) in [7, 11) is -3.17. The van der Waals surface area contributed by atoms with E-state index >= 15 is 0 Å². The van der Waals surface area contributed by atoms with Crippen LogP contribution in [-0.4, -0.2) is 18.1 Å². The van der Waals surface area contributed by atoms with Crippen LogP contribution in [0.4, 0.5) is 0 Å². The highest BCUT2D eigenvalue weighted by Gasteiger charge is 2.28. The molecule has 0 spiro atoms. The molecule has 4 heteroatoms. The lowest BCUT2D eigenvalue weighted by atomic mass is 9.93. The van der Waals surface area contributed by atoms with Gasteiger partial charge in [0.25, 0.3) is 0 Å². The molecule has 0 saturated carbocycles. The van der Waals surface area contributed by atoms with Gasteiger partial charge in [0.05, 0.1) is 10.6 Å². The van der Waals surface area contributed by atoms with E-state index in [1.807, 2.05) is 19.1 Å². The summed E-state index contributed by atoms with van der Waals surface area (Å²) in [5.74, 6) is 0.195. The van der Waals surface area contributed by atoms with Crippen molar-refractivity contribution >= 4 is 32.4 Å². The van der Waals surface area contributed by atoms with Gasteiger partial charge in [-0.3, -0.25) is 0 Å². The molecule has 17 heavy (non-hydrogen) atoms. The van der Waals surface area contributed by atoms with Crippen LogP contribution in [0.5, 0.6) is 0 Å². The first-order chi connectivity index (χ1) is 7.63. The van der Waals surface area contributed by atoms with E-state index in [1.165, 1.54) is 0 Å². The molecule has 0 aliphatic rings. The van der Waals surface area contributed by atoms with Gasteiger partial charge in [-0.05, 0) is 24.5 Å². The van der Waals surface area contributed by atoms with Crippen molar-refractivity contribution in [3.8, 4) is 0 Å². The first-order valence-electron chi connectivity index (χ1n) is 5.56. The summed E-state index contributed by atoms with van der Waals surface area (Å²) in [6, 6.07) is 7.06. The van der Waals surface area contributed by atoms with Gasteiger partial charge < -0.3 is 0 Å². The van der Waals surface area contributed by atoms with Crippen LogP contribution in [0.2, 0.25) is 0 Å². The molecule has 1 atom stereocenters. The van der Waals surface area contributed by atoms with Crippen molar-refractivity contribution in [3.63, 3.8) is 0 Å². The Hall–Kier alpha value is -0.100. The summed E-state index contributed by atoms with van der Waals surface area (Å²) in [6.07, 6.45) is 0. The van der Waals surface area contributed by atoms with Gasteiger partial charge in [-0.2, -0.15) is 0 Å². The summed E-state index contributed by atoms with van der Waals surface area (Å²) < 4.78 is 24.5. The summed E-state index contributed by atoms with van der Waals surface area (Å²) in [6.45, 7) is 8.14. The lowest BCUT2D eigenvalue weighted by Gasteiger charge is -2.25. The highest BCUT2D eigenvalue weighted by atomic mass is 127. The van der Waals surface area contributed by atoms with Gasteiger partial charge >= 0.3 is 0 Å². The molecule has 2 nitrogen and oxygen atoms in total. The van der Waals surface area contributed by atoms with Crippen LogP contribution in [0.15, 0.2) is 29.2 Å². The quantitative estimate of drug-likeness (QED) is 0.605. The Morgan fingerprint density at radius 2 is 1.65 bits per heavy atom. The molecule has 0 aliphatic carbocycles. The summed E-state index contributed by atoms with van der Waals surface area (Å²) in [5.41, 5.74) is 1.07. The Morgan fingerprint density at radius 3 is 2.06 bits per heavy atom. The maximum absolute atomic E-state index is 12.2. The van der Waals surface area contributed by atoms with Crippen molar-refractivity contribution in [2.75, 3.05) is 5.75 Å². The SMILES string of the molecule is Cc1ccc(S(=O)(=O)CC(I)C(C)(C)C)cc1. The number of hydrogen-bond donors (Lipinski definition) is 0. The van der Waals surface area contributed by atoms with Gasteiger partial charge in [-0.1, -0.05) is 61.1 Å². The Morgan fingerprint density at radius 1 is 1.18 bits per heavy atom. The van der Waals surface area contributed by atoms with Crippen LogP contribution in [0.3, 0.4) is 0 Å². The van der Waals surface area contributed by atoms with Crippen LogP contribution >= 0.6 is 22.6 Å². The van der Waals surface area contributed by atoms with Gasteiger partial charge in [-0.15, -0.1) is 0 Å². The molecule has 0 bridgehead atoms. The number of hydrogen-bond acceptors (Lipinski definition) is 2. The average molecular weight is 366 g/mol. The third kappa shape index (κ3) is 4.25. The number of rotatable bonds is 3. The molecular formula is C13H19IO2S. The van der Waals surface area contributed by atoms with E-state index < -0.39 is 9.84 Å². The molecule has 0 aliphatic heterocycles. The predicted octanol–water partition coefficient (Wildman–Crippen LogP) is 3.62. The van der Waals surface area contributed by atoms with Crippen LogP contribution in [0, 0.1) is 12.3 Å². The van der Waals surface area contributed by atoms with Gasteiger partial charge in [0.15, 0.2) is 9.84 Å². The smallest absolute Gasteiger partial charge is 0.179 e. The second kappa shape index (κ2) is 5.26. The van der Waals surface area contributed by atoms with Crippen molar-refractivity contribution in [2.24, 2.45) is 5.41 Å². The monoisotopic (exact) mass is 366 g/mol. The fraction of sp³-hybridized carbons (Fsp3) is 0.538. The Labute approximate surface area is 118 Å². The second-order valence-electron chi connectivity index (χ2n) is 5.43. The largest absolute Gasteiger partial charge is 0.224 e. The Kier molecular flexibility index (Phi) is 4.63. The molecule has 0 amide bonds. The molecule has 1 rings (SSSR count). The van der Waals surface area contributed by atoms with E-state index in [-0.39, 0.29) is 15.1 Å². The number of halogens is 1. The zero-order valence-corrected chi connectivity index (χ0v) is 13.7. The van der Waals surface area contributed by atoms with E-state index in [0.29, 0.717) is 4.90 Å². The van der Waals surface area contributed by atoms with Crippen LogP contribution in [0.1, 0.15) is 26.3 Å². The standard InChI is InChI=1S/C13H19IO2S/c1-10-5-7-11(8-6-10)17(15,16)9-12(14)13(2,3)4/h5-8,12H,9H2,1-4H3. The minimum absolute atomic E-state index is 0.00166. The fourth-order valence-electron chi connectivity index (χ4n) is 1.28. The third-order valence-corrected chi connectivity index (χ3v) is 7.35. The predicted molar refractivity (Wildman–Crippen MR) is 80.5 cm³/mol. The van der Waals surface area contributed by atoms with Crippen LogP contribution in [0.25, 0.3) is 0 Å². The van der Waals surface area contributed by atoms with Gasteiger partial charge in [0.2, 0.25) is 0 Å². The minimum Gasteiger partial charge on any atom is -0.224 e. The molecule has 0 radical (unpaired) electrons. The molecule has 1 unspecified atom stereocenters. The molecule has 0 heterocycles. The number of alkyl halides is 1. The summed E-state index contributed by atoms with van der Waals surface area (Å²) >= 11 is 2.23. The molecule has 0 fully saturated rings. The number of benzene rings is 1. The van der Waals surface area contributed by atoms with Gasteiger partial charge in [-0.25, -0.2) is 8.42 Å². The molecule has 0 N–H and O–H groups in total.